The van der Waals surface area contributed by atoms with E-state index < -0.39 is 15.9 Å². The Balaban J connectivity index is 2.92. The third kappa shape index (κ3) is 4.83. The van der Waals surface area contributed by atoms with Crippen molar-refractivity contribution in [2.24, 2.45) is 0 Å². The molecule has 0 aliphatic heterocycles. The molecule has 1 rings (SSSR count). The lowest BCUT2D eigenvalue weighted by Crippen LogP contribution is -2.32. The van der Waals surface area contributed by atoms with Gasteiger partial charge in [0.15, 0.2) is 0 Å². The minimum atomic E-state index is -3.51. The zero-order valence-corrected chi connectivity index (χ0v) is 13.7. The van der Waals surface area contributed by atoms with Crippen molar-refractivity contribution in [3.05, 3.63) is 24.3 Å². The quantitative estimate of drug-likeness (QED) is 0.795. The van der Waals surface area contributed by atoms with Crippen molar-refractivity contribution in [2.75, 3.05) is 18.4 Å². The first kappa shape index (κ1) is 18.1. The number of anilines is 1. The predicted octanol–water partition coefficient (Wildman–Crippen LogP) is 2.35. The Morgan fingerprint density at radius 1 is 1.18 bits per heavy atom. The highest BCUT2D eigenvalue weighted by Crippen LogP contribution is 2.19. The smallest absolute Gasteiger partial charge is 0.243 e. The molecular weight excluding hydrogens is 302 g/mol. The largest absolute Gasteiger partial charge is 0.325 e. The van der Waals surface area contributed by atoms with Gasteiger partial charge in [0, 0.05) is 18.8 Å². The molecule has 0 atom stereocenters. The van der Waals surface area contributed by atoms with E-state index in [9.17, 15) is 13.2 Å². The minimum absolute atomic E-state index is 0.202. The van der Waals surface area contributed by atoms with Gasteiger partial charge in [-0.25, -0.2) is 8.42 Å². The van der Waals surface area contributed by atoms with Crippen LogP contribution >= 0.6 is 0 Å². The first-order valence-electron chi connectivity index (χ1n) is 7.22. The number of nitriles is 1. The first-order valence-corrected chi connectivity index (χ1v) is 8.66. The number of benzene rings is 1. The molecule has 0 bridgehead atoms. The van der Waals surface area contributed by atoms with Crippen molar-refractivity contribution in [1.29, 1.82) is 5.26 Å². The van der Waals surface area contributed by atoms with Gasteiger partial charge in [-0.2, -0.15) is 9.57 Å². The normalized spacial score (nSPS) is 11.2. The Labute approximate surface area is 131 Å². The van der Waals surface area contributed by atoms with Crippen LogP contribution in [0.5, 0.6) is 0 Å². The molecule has 1 aromatic carbocycles. The van der Waals surface area contributed by atoms with Crippen molar-refractivity contribution in [3.63, 3.8) is 0 Å². The summed E-state index contributed by atoms with van der Waals surface area (Å²) < 4.78 is 26.6. The summed E-state index contributed by atoms with van der Waals surface area (Å²) in [4.78, 5) is 11.5. The monoisotopic (exact) mass is 323 g/mol. The number of nitrogens with zero attached hydrogens (tertiary/aromatic N) is 2. The third-order valence-electron chi connectivity index (χ3n) is 2.96. The maximum atomic E-state index is 12.5. The molecule has 1 amide bonds. The number of carbonyl (C=O) groups is 1. The number of amides is 1. The average molecular weight is 323 g/mol. The van der Waals surface area contributed by atoms with E-state index in [-0.39, 0.29) is 11.3 Å². The lowest BCUT2D eigenvalue weighted by Gasteiger charge is -2.21. The van der Waals surface area contributed by atoms with E-state index in [4.69, 9.17) is 5.26 Å². The van der Waals surface area contributed by atoms with E-state index in [1.165, 1.54) is 28.6 Å². The summed E-state index contributed by atoms with van der Waals surface area (Å²) in [6.45, 7) is 4.84. The molecule has 1 aromatic rings. The van der Waals surface area contributed by atoms with Crippen LogP contribution in [0.3, 0.4) is 0 Å². The molecule has 0 fully saturated rings. The summed E-state index contributed by atoms with van der Waals surface area (Å²) in [6.07, 6.45) is 1.27. The Bertz CT molecular complexity index is 627. The molecule has 0 aliphatic rings. The summed E-state index contributed by atoms with van der Waals surface area (Å²) in [7, 11) is -3.51. The van der Waals surface area contributed by atoms with Crippen LogP contribution < -0.4 is 5.32 Å². The van der Waals surface area contributed by atoms with Crippen molar-refractivity contribution < 1.29 is 13.2 Å². The molecule has 0 radical (unpaired) electrons. The molecule has 0 aromatic heterocycles. The molecule has 0 saturated carbocycles. The molecular formula is C15H21N3O3S. The van der Waals surface area contributed by atoms with Crippen molar-refractivity contribution >= 4 is 21.6 Å². The maximum Gasteiger partial charge on any atom is 0.243 e. The van der Waals surface area contributed by atoms with Gasteiger partial charge in [-0.1, -0.05) is 13.8 Å². The summed E-state index contributed by atoms with van der Waals surface area (Å²) in [5.74, 6) is -0.420. The number of sulfonamides is 1. The summed E-state index contributed by atoms with van der Waals surface area (Å²) in [5.41, 5.74) is 0.469. The zero-order valence-electron chi connectivity index (χ0n) is 12.9. The van der Waals surface area contributed by atoms with Gasteiger partial charge >= 0.3 is 0 Å². The summed E-state index contributed by atoms with van der Waals surface area (Å²) in [5, 5.41) is 11.0. The number of carbonyl (C=O) groups excluding carboxylic acids is 1. The molecule has 0 aliphatic carbocycles. The highest BCUT2D eigenvalue weighted by molar-refractivity contribution is 7.89. The van der Waals surface area contributed by atoms with Crippen molar-refractivity contribution in [2.45, 2.75) is 38.0 Å². The molecule has 120 valence electrons. The van der Waals surface area contributed by atoms with Crippen molar-refractivity contribution in [1.82, 2.24) is 4.31 Å². The van der Waals surface area contributed by atoms with E-state index in [1.807, 2.05) is 13.8 Å². The Morgan fingerprint density at radius 3 is 2.18 bits per heavy atom. The molecule has 0 unspecified atom stereocenters. The van der Waals surface area contributed by atoms with Crippen LogP contribution in [0.4, 0.5) is 5.69 Å². The van der Waals surface area contributed by atoms with Gasteiger partial charge in [0.05, 0.1) is 11.0 Å². The fourth-order valence-electron chi connectivity index (χ4n) is 1.99. The van der Waals surface area contributed by atoms with Gasteiger partial charge in [-0.15, -0.1) is 0 Å². The van der Waals surface area contributed by atoms with Crippen LogP contribution in [0.25, 0.3) is 0 Å². The summed E-state index contributed by atoms with van der Waals surface area (Å²) in [6, 6.07) is 7.74. The predicted molar refractivity (Wildman–Crippen MR) is 84.6 cm³/mol. The van der Waals surface area contributed by atoms with E-state index in [2.05, 4.69) is 5.32 Å². The number of nitrogens with one attached hydrogen (secondary N) is 1. The van der Waals surface area contributed by atoms with E-state index in [0.29, 0.717) is 18.8 Å². The molecule has 22 heavy (non-hydrogen) atoms. The van der Waals surface area contributed by atoms with E-state index in [1.54, 1.807) is 6.07 Å². The molecule has 7 heteroatoms. The van der Waals surface area contributed by atoms with Gasteiger partial charge in [0.1, 0.15) is 6.42 Å². The Kier molecular flexibility index (Phi) is 7.02. The van der Waals surface area contributed by atoms with Crippen LogP contribution in [-0.2, 0) is 14.8 Å². The molecule has 0 heterocycles. The van der Waals surface area contributed by atoms with Gasteiger partial charge in [-0.05, 0) is 37.1 Å². The second-order valence-corrected chi connectivity index (χ2v) is 6.75. The summed E-state index contributed by atoms with van der Waals surface area (Å²) >= 11 is 0. The topological polar surface area (TPSA) is 90.3 Å². The van der Waals surface area contributed by atoms with Crippen LogP contribution in [0.2, 0.25) is 0 Å². The van der Waals surface area contributed by atoms with Gasteiger partial charge in [0.2, 0.25) is 15.9 Å². The lowest BCUT2D eigenvalue weighted by molar-refractivity contribution is -0.115. The van der Waals surface area contributed by atoms with Gasteiger partial charge < -0.3 is 5.32 Å². The second-order valence-electron chi connectivity index (χ2n) is 4.81. The van der Waals surface area contributed by atoms with Crippen LogP contribution in [-0.4, -0.2) is 31.7 Å². The fourth-order valence-corrected chi connectivity index (χ4v) is 3.61. The zero-order chi connectivity index (χ0) is 16.6. The fraction of sp³-hybridized carbons (Fsp3) is 0.467. The van der Waals surface area contributed by atoms with Gasteiger partial charge in [0.25, 0.3) is 0 Å². The highest BCUT2D eigenvalue weighted by Gasteiger charge is 2.22. The first-order chi connectivity index (χ1) is 10.5. The Morgan fingerprint density at radius 2 is 1.73 bits per heavy atom. The van der Waals surface area contributed by atoms with Crippen LogP contribution in [0.1, 0.15) is 33.1 Å². The molecule has 0 spiro atoms. The van der Waals surface area contributed by atoms with E-state index in [0.717, 1.165) is 12.8 Å². The lowest BCUT2D eigenvalue weighted by atomic mass is 10.3. The molecule has 1 N–H and O–H groups in total. The minimum Gasteiger partial charge on any atom is -0.325 e. The standard InChI is InChI=1S/C15H21N3O3S/c1-3-11-18(12-4-2)22(20,21)14-7-5-13(6-8-14)17-15(19)9-10-16/h5-8H,3-4,9,11-12H2,1-2H3,(H,17,19). The SMILES string of the molecule is CCCN(CCC)S(=O)(=O)c1ccc(NC(=O)CC#N)cc1. The maximum absolute atomic E-state index is 12.5. The molecule has 6 nitrogen and oxygen atoms in total. The highest BCUT2D eigenvalue weighted by atomic mass is 32.2. The average Bonchev–Trinajstić information content (AvgIpc) is 2.48. The number of rotatable bonds is 8. The number of hydrogen-bond donors (Lipinski definition) is 1. The number of hydrogen-bond acceptors (Lipinski definition) is 4. The third-order valence-corrected chi connectivity index (χ3v) is 4.87. The Hall–Kier alpha value is -1.91. The van der Waals surface area contributed by atoms with Crippen LogP contribution in [0, 0.1) is 11.3 Å². The van der Waals surface area contributed by atoms with E-state index >= 15 is 0 Å². The van der Waals surface area contributed by atoms with Crippen molar-refractivity contribution in [3.8, 4) is 6.07 Å². The molecule has 0 saturated heterocycles. The van der Waals surface area contributed by atoms with Gasteiger partial charge in [-0.3, -0.25) is 4.79 Å². The second kappa shape index (κ2) is 8.51. The van der Waals surface area contributed by atoms with Crippen LogP contribution in [0.15, 0.2) is 29.2 Å².